The largest absolute Gasteiger partial charge is 0.295 e. The van der Waals surface area contributed by atoms with Crippen molar-refractivity contribution in [2.45, 2.75) is 4.90 Å². The highest BCUT2D eigenvalue weighted by Crippen LogP contribution is 2.29. The minimum Gasteiger partial charge on any atom is -0.282 e. The second kappa shape index (κ2) is 6.05. The summed E-state index contributed by atoms with van der Waals surface area (Å²) in [6.45, 7) is 0. The van der Waals surface area contributed by atoms with Crippen LogP contribution in [0.2, 0.25) is 0 Å². The maximum atomic E-state index is 13.4. The summed E-state index contributed by atoms with van der Waals surface area (Å²) < 4.78 is 97.1. The number of hydrogen-bond donors (Lipinski definition) is 1. The van der Waals surface area contributed by atoms with E-state index in [1.807, 2.05) is 0 Å². The highest BCUT2D eigenvalue weighted by atomic mass is 32.2. The summed E-state index contributed by atoms with van der Waals surface area (Å²) in [6, 6.07) is 4.64. The van der Waals surface area contributed by atoms with Gasteiger partial charge in [-0.2, -0.15) is 8.42 Å². The Hall–Kier alpha value is -2.33. The van der Waals surface area contributed by atoms with Gasteiger partial charge in [-0.25, -0.2) is 26.9 Å². The van der Waals surface area contributed by atoms with Gasteiger partial charge in [0, 0.05) is 11.8 Å². The molecule has 0 atom stereocenters. The minimum atomic E-state index is -4.67. The number of rotatable bonds is 3. The van der Waals surface area contributed by atoms with Gasteiger partial charge < -0.3 is 0 Å². The zero-order chi connectivity index (χ0) is 17.4. The van der Waals surface area contributed by atoms with Crippen LogP contribution in [0.1, 0.15) is 5.56 Å². The summed E-state index contributed by atoms with van der Waals surface area (Å²) in [5, 5.41) is 0. The molecule has 2 aromatic carbocycles. The van der Waals surface area contributed by atoms with Crippen molar-refractivity contribution in [3.05, 3.63) is 58.9 Å². The van der Waals surface area contributed by atoms with Crippen LogP contribution in [0.15, 0.2) is 34.2 Å². The molecule has 0 aliphatic rings. The second-order valence-corrected chi connectivity index (χ2v) is 5.58. The van der Waals surface area contributed by atoms with E-state index in [0.717, 1.165) is 12.1 Å². The predicted octanol–water partition coefficient (Wildman–Crippen LogP) is 3.38. The quantitative estimate of drug-likeness (QED) is 0.303. The van der Waals surface area contributed by atoms with E-state index in [-0.39, 0.29) is 5.56 Å². The Morgan fingerprint density at radius 3 is 1.87 bits per heavy atom. The van der Waals surface area contributed by atoms with Gasteiger partial charge in [-0.1, -0.05) is 18.2 Å². The summed E-state index contributed by atoms with van der Waals surface area (Å²) in [5.74, 6) is -11.0. The number of benzene rings is 2. The zero-order valence-electron chi connectivity index (χ0n) is 10.9. The lowest BCUT2D eigenvalue weighted by Gasteiger charge is -2.04. The molecule has 4 nitrogen and oxygen atoms in total. The van der Waals surface area contributed by atoms with E-state index in [9.17, 15) is 30.4 Å². The first-order valence-corrected chi connectivity index (χ1v) is 7.20. The molecule has 2 rings (SSSR count). The molecule has 0 saturated heterocycles. The van der Waals surface area contributed by atoms with Crippen molar-refractivity contribution < 1.29 is 34.9 Å². The lowest BCUT2D eigenvalue weighted by Crippen LogP contribution is -2.03. The van der Waals surface area contributed by atoms with Crippen molar-refractivity contribution in [2.75, 3.05) is 0 Å². The number of halogens is 5. The summed E-state index contributed by atoms with van der Waals surface area (Å²) in [4.78, 5) is 2.47. The fourth-order valence-corrected chi connectivity index (χ4v) is 2.33. The van der Waals surface area contributed by atoms with Crippen molar-refractivity contribution in [1.82, 2.24) is 0 Å². The summed E-state index contributed by atoms with van der Waals surface area (Å²) >= 11 is 0. The SMILES string of the molecule is O=S(=O)(O)c1ccccc1/C=N/c1c(F)c(F)c(F)c(F)c1F. The Morgan fingerprint density at radius 2 is 1.35 bits per heavy atom. The molecule has 0 heterocycles. The normalized spacial score (nSPS) is 12.1. The van der Waals surface area contributed by atoms with Crippen LogP contribution in [0.5, 0.6) is 0 Å². The first-order valence-electron chi connectivity index (χ1n) is 5.76. The summed E-state index contributed by atoms with van der Waals surface area (Å²) in [7, 11) is -4.67. The Balaban J connectivity index is 2.60. The lowest BCUT2D eigenvalue weighted by atomic mass is 10.2. The molecule has 122 valence electrons. The average Bonchev–Trinajstić information content (AvgIpc) is 2.50. The molecule has 23 heavy (non-hydrogen) atoms. The molecular weight excluding hydrogens is 345 g/mol. The highest BCUT2D eigenvalue weighted by molar-refractivity contribution is 7.86. The van der Waals surface area contributed by atoms with Crippen LogP contribution in [-0.4, -0.2) is 19.2 Å². The van der Waals surface area contributed by atoms with Crippen molar-refractivity contribution in [1.29, 1.82) is 0 Å². The fourth-order valence-electron chi connectivity index (χ4n) is 1.66. The third-order valence-electron chi connectivity index (χ3n) is 2.72. The number of nitrogens with zero attached hydrogens (tertiary/aromatic N) is 1. The third-order valence-corrected chi connectivity index (χ3v) is 3.64. The monoisotopic (exact) mass is 351 g/mol. The molecule has 2 aromatic rings. The maximum absolute atomic E-state index is 13.4. The lowest BCUT2D eigenvalue weighted by molar-refractivity contribution is 0.381. The van der Waals surface area contributed by atoms with Crippen LogP contribution < -0.4 is 0 Å². The van der Waals surface area contributed by atoms with Crippen LogP contribution in [0.3, 0.4) is 0 Å². The zero-order valence-corrected chi connectivity index (χ0v) is 11.7. The predicted molar refractivity (Wildman–Crippen MR) is 69.7 cm³/mol. The van der Waals surface area contributed by atoms with Crippen LogP contribution in [0, 0.1) is 29.1 Å². The molecule has 0 bridgehead atoms. The molecule has 0 aliphatic heterocycles. The van der Waals surface area contributed by atoms with Gasteiger partial charge in [0.25, 0.3) is 10.1 Å². The van der Waals surface area contributed by atoms with Gasteiger partial charge in [-0.15, -0.1) is 0 Å². The van der Waals surface area contributed by atoms with Crippen LogP contribution in [0.25, 0.3) is 0 Å². The standard InChI is InChI=1S/C13H6F5NO3S/c14-8-9(15)11(17)13(12(18)10(8)16)19-5-6-3-1-2-4-7(6)23(20,21)22/h1-5H,(H,20,21,22)/b19-5+. The van der Waals surface area contributed by atoms with Crippen molar-refractivity contribution >= 4 is 22.0 Å². The Kier molecular flexibility index (Phi) is 4.48. The van der Waals surface area contributed by atoms with E-state index in [1.165, 1.54) is 12.1 Å². The molecule has 0 radical (unpaired) electrons. The van der Waals surface area contributed by atoms with E-state index in [2.05, 4.69) is 4.99 Å². The smallest absolute Gasteiger partial charge is 0.282 e. The molecule has 0 fully saturated rings. The number of aliphatic imine (C=N–C) groups is 1. The Labute approximate surface area is 126 Å². The van der Waals surface area contributed by atoms with Gasteiger partial charge in [-0.3, -0.25) is 4.55 Å². The van der Waals surface area contributed by atoms with Crippen molar-refractivity contribution in [2.24, 2.45) is 4.99 Å². The third kappa shape index (κ3) is 3.22. The molecule has 0 amide bonds. The molecule has 10 heteroatoms. The topological polar surface area (TPSA) is 66.7 Å². The molecule has 0 unspecified atom stereocenters. The van der Waals surface area contributed by atoms with Crippen molar-refractivity contribution in [3.63, 3.8) is 0 Å². The molecule has 0 spiro atoms. The van der Waals surface area contributed by atoms with E-state index in [1.54, 1.807) is 0 Å². The average molecular weight is 351 g/mol. The van der Waals surface area contributed by atoms with Gasteiger partial charge >= 0.3 is 0 Å². The first-order chi connectivity index (χ1) is 10.6. The van der Waals surface area contributed by atoms with E-state index >= 15 is 0 Å². The maximum Gasteiger partial charge on any atom is 0.295 e. The van der Waals surface area contributed by atoms with Crippen LogP contribution in [0.4, 0.5) is 27.6 Å². The van der Waals surface area contributed by atoms with Gasteiger partial charge in [0.2, 0.25) is 5.82 Å². The van der Waals surface area contributed by atoms with Crippen molar-refractivity contribution in [3.8, 4) is 0 Å². The molecule has 0 aromatic heterocycles. The molecule has 0 saturated carbocycles. The van der Waals surface area contributed by atoms with E-state index in [0.29, 0.717) is 6.21 Å². The van der Waals surface area contributed by atoms with Gasteiger partial charge in [-0.05, 0) is 6.07 Å². The summed E-state index contributed by atoms with van der Waals surface area (Å²) in [6.07, 6.45) is 0.557. The van der Waals surface area contributed by atoms with Crippen LogP contribution >= 0.6 is 0 Å². The van der Waals surface area contributed by atoms with E-state index in [4.69, 9.17) is 4.55 Å². The number of hydrogen-bond acceptors (Lipinski definition) is 3. The van der Waals surface area contributed by atoms with Crippen LogP contribution in [-0.2, 0) is 10.1 Å². The summed E-state index contributed by atoms with van der Waals surface area (Å²) in [5.41, 5.74) is -1.79. The highest BCUT2D eigenvalue weighted by Gasteiger charge is 2.25. The minimum absolute atomic E-state index is 0.307. The second-order valence-electron chi connectivity index (χ2n) is 4.19. The molecule has 0 aliphatic carbocycles. The van der Waals surface area contributed by atoms with E-state index < -0.39 is 49.8 Å². The molecular formula is C13H6F5NO3S. The molecule has 1 N–H and O–H groups in total. The Bertz CT molecular complexity index is 883. The van der Waals surface area contributed by atoms with Gasteiger partial charge in [0.1, 0.15) is 10.6 Å². The first kappa shape index (κ1) is 17.0. The fraction of sp³-hybridized carbons (Fsp3) is 0. The Morgan fingerprint density at radius 1 is 0.870 bits per heavy atom. The van der Waals surface area contributed by atoms with Gasteiger partial charge in [0.05, 0.1) is 0 Å². The van der Waals surface area contributed by atoms with Gasteiger partial charge in [0.15, 0.2) is 23.3 Å².